The summed E-state index contributed by atoms with van der Waals surface area (Å²) in [7, 11) is 0. The molecule has 88 valence electrons. The number of aromatic nitrogens is 2. The van der Waals surface area contributed by atoms with E-state index < -0.39 is 5.97 Å². The van der Waals surface area contributed by atoms with Crippen LogP contribution in [0.5, 0.6) is 0 Å². The Kier molecular flexibility index (Phi) is 2.33. The molecule has 17 heavy (non-hydrogen) atoms. The number of fused-ring (bicyclic) bond motifs is 1. The molecule has 0 aliphatic carbocycles. The summed E-state index contributed by atoms with van der Waals surface area (Å²) >= 11 is 0. The number of carboxylic acid groups (broad SMARTS) is 1. The number of nitrogens with zero attached hydrogens (tertiary/aromatic N) is 2. The molecule has 1 fully saturated rings. The van der Waals surface area contributed by atoms with Gasteiger partial charge in [0.05, 0.1) is 30.5 Å². The molecule has 0 bridgehead atoms. The van der Waals surface area contributed by atoms with Gasteiger partial charge in [-0.05, 0) is 12.1 Å². The van der Waals surface area contributed by atoms with E-state index in [-0.39, 0.29) is 0 Å². The monoisotopic (exact) mass is 232 g/mol. The van der Waals surface area contributed by atoms with Gasteiger partial charge >= 0.3 is 5.97 Å². The van der Waals surface area contributed by atoms with Gasteiger partial charge in [-0.25, -0.2) is 4.79 Å². The SMILES string of the molecule is O=C(O)c1ccc2cnn(CC3COC3)c2c1. The Morgan fingerprint density at radius 3 is 3.00 bits per heavy atom. The van der Waals surface area contributed by atoms with Gasteiger partial charge in [-0.2, -0.15) is 5.10 Å². The molecular weight excluding hydrogens is 220 g/mol. The molecule has 1 aromatic heterocycles. The van der Waals surface area contributed by atoms with Crippen LogP contribution in [-0.2, 0) is 11.3 Å². The lowest BCUT2D eigenvalue weighted by Gasteiger charge is -2.25. The van der Waals surface area contributed by atoms with E-state index in [4.69, 9.17) is 9.84 Å². The first-order chi connectivity index (χ1) is 8.24. The van der Waals surface area contributed by atoms with Crippen LogP contribution in [0.25, 0.3) is 10.9 Å². The fourth-order valence-electron chi connectivity index (χ4n) is 1.98. The molecule has 2 heterocycles. The molecule has 0 saturated carbocycles. The summed E-state index contributed by atoms with van der Waals surface area (Å²) in [6, 6.07) is 5.06. The molecule has 1 aliphatic heterocycles. The van der Waals surface area contributed by atoms with Gasteiger partial charge in [0.15, 0.2) is 0 Å². The maximum Gasteiger partial charge on any atom is 0.335 e. The van der Waals surface area contributed by atoms with Crippen molar-refractivity contribution >= 4 is 16.9 Å². The van der Waals surface area contributed by atoms with E-state index in [1.807, 2.05) is 4.68 Å². The minimum absolute atomic E-state index is 0.295. The van der Waals surface area contributed by atoms with Crippen LogP contribution >= 0.6 is 0 Å². The van der Waals surface area contributed by atoms with Crippen molar-refractivity contribution in [1.29, 1.82) is 0 Å². The maximum atomic E-state index is 10.9. The quantitative estimate of drug-likeness (QED) is 0.868. The third-order valence-electron chi connectivity index (χ3n) is 3.03. The van der Waals surface area contributed by atoms with Crippen LogP contribution in [0.3, 0.4) is 0 Å². The fourth-order valence-corrected chi connectivity index (χ4v) is 1.98. The predicted octanol–water partition coefficient (Wildman–Crippen LogP) is 1.38. The van der Waals surface area contributed by atoms with E-state index in [1.54, 1.807) is 24.4 Å². The second-order valence-corrected chi connectivity index (χ2v) is 4.31. The molecule has 1 saturated heterocycles. The molecule has 1 N–H and O–H groups in total. The van der Waals surface area contributed by atoms with Crippen molar-refractivity contribution in [2.24, 2.45) is 5.92 Å². The Bertz CT molecular complexity index is 572. The zero-order valence-electron chi connectivity index (χ0n) is 9.17. The van der Waals surface area contributed by atoms with Crippen LogP contribution in [0, 0.1) is 5.92 Å². The largest absolute Gasteiger partial charge is 0.478 e. The van der Waals surface area contributed by atoms with Crippen LogP contribution in [0.1, 0.15) is 10.4 Å². The molecule has 0 radical (unpaired) electrons. The predicted molar refractivity (Wildman–Crippen MR) is 61.0 cm³/mol. The van der Waals surface area contributed by atoms with Gasteiger partial charge in [0.25, 0.3) is 0 Å². The summed E-state index contributed by atoms with van der Waals surface area (Å²) in [6.07, 6.45) is 1.76. The fraction of sp³-hybridized carbons (Fsp3) is 0.333. The Balaban J connectivity index is 1.99. The third-order valence-corrected chi connectivity index (χ3v) is 3.03. The summed E-state index contributed by atoms with van der Waals surface area (Å²) in [5.41, 5.74) is 1.17. The van der Waals surface area contributed by atoms with Crippen LogP contribution in [0.2, 0.25) is 0 Å². The number of rotatable bonds is 3. The van der Waals surface area contributed by atoms with Gasteiger partial charge in [0.1, 0.15) is 0 Å². The molecule has 5 nitrogen and oxygen atoms in total. The van der Waals surface area contributed by atoms with Gasteiger partial charge in [0.2, 0.25) is 0 Å². The lowest BCUT2D eigenvalue weighted by Crippen LogP contribution is -2.31. The molecule has 1 aliphatic rings. The first-order valence-corrected chi connectivity index (χ1v) is 5.50. The molecule has 3 rings (SSSR count). The summed E-state index contributed by atoms with van der Waals surface area (Å²) in [5, 5.41) is 14.2. The van der Waals surface area contributed by atoms with Crippen molar-refractivity contribution < 1.29 is 14.6 Å². The summed E-state index contributed by atoms with van der Waals surface area (Å²) in [6.45, 7) is 2.31. The van der Waals surface area contributed by atoms with E-state index in [0.717, 1.165) is 30.7 Å². The molecule has 0 amide bonds. The van der Waals surface area contributed by atoms with Crippen molar-refractivity contribution in [2.45, 2.75) is 6.54 Å². The maximum absolute atomic E-state index is 10.9. The highest BCUT2D eigenvalue weighted by Crippen LogP contribution is 2.19. The standard InChI is InChI=1S/C12H12N2O3/c15-12(16)9-1-2-10-4-13-14(11(10)3-9)5-8-6-17-7-8/h1-4,8H,5-7H2,(H,15,16). The minimum Gasteiger partial charge on any atom is -0.478 e. The van der Waals surface area contributed by atoms with E-state index >= 15 is 0 Å². The number of carboxylic acids is 1. The number of carbonyl (C=O) groups is 1. The van der Waals surface area contributed by atoms with Gasteiger partial charge < -0.3 is 9.84 Å². The van der Waals surface area contributed by atoms with Crippen molar-refractivity contribution in [3.05, 3.63) is 30.0 Å². The first kappa shape index (κ1) is 10.3. The normalized spacial score (nSPS) is 16.0. The van der Waals surface area contributed by atoms with Crippen LogP contribution < -0.4 is 0 Å². The smallest absolute Gasteiger partial charge is 0.335 e. The zero-order chi connectivity index (χ0) is 11.8. The second-order valence-electron chi connectivity index (χ2n) is 4.31. The average Bonchev–Trinajstić information content (AvgIpc) is 2.65. The Morgan fingerprint density at radius 1 is 1.53 bits per heavy atom. The van der Waals surface area contributed by atoms with Crippen LogP contribution in [-0.4, -0.2) is 34.1 Å². The van der Waals surface area contributed by atoms with Crippen molar-refractivity contribution in [2.75, 3.05) is 13.2 Å². The lowest BCUT2D eigenvalue weighted by atomic mass is 10.1. The topological polar surface area (TPSA) is 64.3 Å². The van der Waals surface area contributed by atoms with Crippen molar-refractivity contribution in [3.63, 3.8) is 0 Å². The number of hydrogen-bond acceptors (Lipinski definition) is 3. The molecule has 0 unspecified atom stereocenters. The summed E-state index contributed by atoms with van der Waals surface area (Å²) in [4.78, 5) is 10.9. The Labute approximate surface area is 97.6 Å². The number of ether oxygens (including phenoxy) is 1. The number of hydrogen-bond donors (Lipinski definition) is 1. The van der Waals surface area contributed by atoms with Gasteiger partial charge in [-0.15, -0.1) is 0 Å². The van der Waals surface area contributed by atoms with Gasteiger partial charge in [-0.3, -0.25) is 4.68 Å². The number of benzene rings is 1. The number of aromatic carboxylic acids is 1. The minimum atomic E-state index is -0.911. The highest BCUT2D eigenvalue weighted by Gasteiger charge is 2.20. The molecule has 2 aromatic rings. The Morgan fingerprint density at radius 2 is 2.35 bits per heavy atom. The van der Waals surface area contributed by atoms with E-state index in [0.29, 0.717) is 11.5 Å². The Hall–Kier alpha value is -1.88. The van der Waals surface area contributed by atoms with Crippen molar-refractivity contribution in [3.8, 4) is 0 Å². The molecule has 5 heteroatoms. The zero-order valence-corrected chi connectivity index (χ0v) is 9.17. The molecule has 1 aromatic carbocycles. The van der Waals surface area contributed by atoms with E-state index in [2.05, 4.69) is 5.10 Å². The highest BCUT2D eigenvalue weighted by atomic mass is 16.5. The summed E-state index contributed by atoms with van der Waals surface area (Å²) < 4.78 is 6.98. The second kappa shape index (κ2) is 3.85. The molecule has 0 spiro atoms. The lowest BCUT2D eigenvalue weighted by molar-refractivity contribution is -0.0403. The van der Waals surface area contributed by atoms with E-state index in [9.17, 15) is 4.79 Å². The van der Waals surface area contributed by atoms with Crippen molar-refractivity contribution in [1.82, 2.24) is 9.78 Å². The van der Waals surface area contributed by atoms with Crippen LogP contribution in [0.4, 0.5) is 0 Å². The van der Waals surface area contributed by atoms with E-state index in [1.165, 1.54) is 0 Å². The first-order valence-electron chi connectivity index (χ1n) is 5.50. The van der Waals surface area contributed by atoms with Gasteiger partial charge in [0, 0.05) is 17.8 Å². The van der Waals surface area contributed by atoms with Gasteiger partial charge in [-0.1, -0.05) is 6.07 Å². The third kappa shape index (κ3) is 1.78. The molecule has 0 atom stereocenters. The average molecular weight is 232 g/mol. The molecular formula is C12H12N2O3. The van der Waals surface area contributed by atoms with Crippen LogP contribution in [0.15, 0.2) is 24.4 Å². The summed E-state index contributed by atoms with van der Waals surface area (Å²) in [5.74, 6) is -0.418. The highest BCUT2D eigenvalue weighted by molar-refractivity contribution is 5.93.